The second kappa shape index (κ2) is 9.05. The Labute approximate surface area is 192 Å². The topological polar surface area (TPSA) is 95.6 Å². The number of rotatable bonds is 6. The zero-order chi connectivity index (χ0) is 23.6. The zero-order valence-electron chi connectivity index (χ0n) is 19.1. The lowest BCUT2D eigenvalue weighted by molar-refractivity contribution is -0.139. The fourth-order valence-electron chi connectivity index (χ4n) is 4.77. The van der Waals surface area contributed by atoms with Crippen LogP contribution in [0.2, 0.25) is 0 Å². The van der Waals surface area contributed by atoms with Gasteiger partial charge in [0.1, 0.15) is 6.54 Å². The molecule has 33 heavy (non-hydrogen) atoms. The van der Waals surface area contributed by atoms with Crippen LogP contribution in [0.3, 0.4) is 0 Å². The van der Waals surface area contributed by atoms with Crippen LogP contribution in [-0.4, -0.2) is 60.1 Å². The lowest BCUT2D eigenvalue weighted by Gasteiger charge is -2.42. The summed E-state index contributed by atoms with van der Waals surface area (Å²) >= 11 is 0. The molecule has 172 valence electrons. The summed E-state index contributed by atoms with van der Waals surface area (Å²) in [5.41, 5.74) is 4.10. The second-order valence-corrected chi connectivity index (χ2v) is 8.80. The van der Waals surface area contributed by atoms with Crippen LogP contribution in [0.4, 0.5) is 5.69 Å². The van der Waals surface area contributed by atoms with Gasteiger partial charge in [0, 0.05) is 29.7 Å². The third-order valence-electron chi connectivity index (χ3n) is 6.66. The molecule has 1 saturated heterocycles. The van der Waals surface area contributed by atoms with Gasteiger partial charge in [0.2, 0.25) is 6.41 Å². The van der Waals surface area contributed by atoms with Crippen LogP contribution in [0.1, 0.15) is 41.3 Å². The van der Waals surface area contributed by atoms with Crippen molar-refractivity contribution in [3.05, 3.63) is 59.3 Å². The highest BCUT2D eigenvalue weighted by atomic mass is 16.5. The summed E-state index contributed by atoms with van der Waals surface area (Å²) in [4.78, 5) is 40.1. The Kier molecular flexibility index (Phi) is 6.18. The van der Waals surface area contributed by atoms with E-state index < -0.39 is 5.97 Å². The first-order chi connectivity index (χ1) is 15.9. The van der Waals surface area contributed by atoms with Gasteiger partial charge in [-0.1, -0.05) is 19.1 Å². The fourth-order valence-corrected chi connectivity index (χ4v) is 4.77. The summed E-state index contributed by atoms with van der Waals surface area (Å²) in [7, 11) is 1.31. The number of aromatic nitrogens is 2. The van der Waals surface area contributed by atoms with E-state index in [1.165, 1.54) is 12.0 Å². The molecule has 8 heteroatoms. The molecule has 0 aliphatic carbocycles. The summed E-state index contributed by atoms with van der Waals surface area (Å²) in [6.07, 6.45) is 3.88. The number of aromatic amines is 1. The lowest BCUT2D eigenvalue weighted by atomic mass is 9.72. The van der Waals surface area contributed by atoms with Gasteiger partial charge in [0.05, 0.1) is 18.8 Å². The van der Waals surface area contributed by atoms with E-state index in [0.29, 0.717) is 30.8 Å². The number of hydrogen-bond donors (Lipinski definition) is 1. The summed E-state index contributed by atoms with van der Waals surface area (Å²) in [5.74, 6) is -0.472. The first-order valence-corrected chi connectivity index (χ1v) is 11.0. The fraction of sp³-hybridized carbons (Fsp3) is 0.360. The molecule has 8 nitrogen and oxygen atoms in total. The van der Waals surface area contributed by atoms with Crippen LogP contribution >= 0.6 is 0 Å². The molecule has 0 saturated carbocycles. The Morgan fingerprint density at radius 1 is 1.24 bits per heavy atom. The number of anilines is 1. The summed E-state index contributed by atoms with van der Waals surface area (Å²) in [6, 6.07) is 11.3. The van der Waals surface area contributed by atoms with Gasteiger partial charge in [-0.15, -0.1) is 0 Å². The molecular weight excluding hydrogens is 420 g/mol. The number of esters is 1. The van der Waals surface area contributed by atoms with Crippen molar-refractivity contribution >= 4 is 34.9 Å². The van der Waals surface area contributed by atoms with Gasteiger partial charge in [-0.05, 0) is 60.6 Å². The molecule has 1 aromatic heterocycles. The number of nitrogens with one attached hydrogen (secondary N) is 1. The van der Waals surface area contributed by atoms with E-state index in [0.717, 1.165) is 34.9 Å². The molecule has 0 spiro atoms. The first kappa shape index (κ1) is 22.5. The first-order valence-electron chi connectivity index (χ1n) is 11.0. The highest BCUT2D eigenvalue weighted by Gasteiger charge is 2.37. The zero-order valence-corrected chi connectivity index (χ0v) is 19.1. The van der Waals surface area contributed by atoms with Gasteiger partial charge >= 0.3 is 5.97 Å². The number of ether oxygens (including phenoxy) is 1. The molecule has 2 aromatic carbocycles. The van der Waals surface area contributed by atoms with Gasteiger partial charge in [0.15, 0.2) is 0 Å². The van der Waals surface area contributed by atoms with E-state index in [4.69, 9.17) is 4.74 Å². The SMILES string of the molecule is COC(=O)CN(C=O)c1cccc(C)c1C1(C)CCN(C(=O)c2ccc3[nH]ncc3c2)CC1. The number of piperidine rings is 1. The molecule has 3 aromatic rings. The second-order valence-electron chi connectivity index (χ2n) is 8.80. The molecule has 1 aliphatic heterocycles. The van der Waals surface area contributed by atoms with Crippen molar-refractivity contribution in [2.24, 2.45) is 0 Å². The maximum absolute atomic E-state index is 13.1. The Bertz CT molecular complexity index is 1190. The van der Waals surface area contributed by atoms with Crippen molar-refractivity contribution in [1.82, 2.24) is 15.1 Å². The molecule has 1 fully saturated rings. The normalized spacial score (nSPS) is 15.3. The number of methoxy groups -OCH3 is 1. The van der Waals surface area contributed by atoms with E-state index in [1.54, 1.807) is 6.20 Å². The van der Waals surface area contributed by atoms with Crippen molar-refractivity contribution in [3.8, 4) is 0 Å². The Balaban J connectivity index is 1.56. The van der Waals surface area contributed by atoms with Gasteiger partial charge in [-0.2, -0.15) is 5.10 Å². The Morgan fingerprint density at radius 2 is 2.00 bits per heavy atom. The smallest absolute Gasteiger partial charge is 0.325 e. The number of nitrogens with zero attached hydrogens (tertiary/aromatic N) is 3. The monoisotopic (exact) mass is 448 g/mol. The number of fused-ring (bicyclic) bond motifs is 1. The third kappa shape index (κ3) is 4.33. The minimum atomic E-state index is -0.477. The quantitative estimate of drug-likeness (QED) is 0.462. The molecule has 2 amide bonds. The standard InChI is InChI=1S/C25H28N4O4/c1-17-5-4-6-21(29(16-30)15-22(31)33-3)23(17)25(2)9-11-28(12-10-25)24(32)18-7-8-20-19(13-18)14-26-27-20/h4-8,13-14,16H,9-12,15H2,1-3H3,(H,26,27). The van der Waals surface area contributed by atoms with Crippen molar-refractivity contribution in [1.29, 1.82) is 0 Å². The number of amides is 2. The molecule has 0 bridgehead atoms. The number of likely N-dealkylation sites (tertiary alicyclic amines) is 1. The minimum absolute atomic E-state index is 0.00497. The van der Waals surface area contributed by atoms with Crippen molar-refractivity contribution < 1.29 is 19.1 Å². The van der Waals surface area contributed by atoms with Crippen LogP contribution in [0.5, 0.6) is 0 Å². The number of hydrogen-bond acceptors (Lipinski definition) is 5. The molecule has 1 N–H and O–H groups in total. The number of benzene rings is 2. The van der Waals surface area contributed by atoms with Gasteiger partial charge in [0.25, 0.3) is 5.91 Å². The van der Waals surface area contributed by atoms with E-state index in [9.17, 15) is 14.4 Å². The molecule has 0 radical (unpaired) electrons. The Morgan fingerprint density at radius 3 is 2.70 bits per heavy atom. The van der Waals surface area contributed by atoms with Crippen molar-refractivity contribution in [3.63, 3.8) is 0 Å². The predicted octanol–water partition coefficient (Wildman–Crippen LogP) is 3.20. The van der Waals surface area contributed by atoms with Crippen LogP contribution in [-0.2, 0) is 19.7 Å². The molecule has 4 rings (SSSR count). The summed E-state index contributed by atoms with van der Waals surface area (Å²) in [6.45, 7) is 5.24. The average molecular weight is 449 g/mol. The van der Waals surface area contributed by atoms with Gasteiger partial charge < -0.3 is 14.5 Å². The highest BCUT2D eigenvalue weighted by molar-refractivity contribution is 5.98. The van der Waals surface area contributed by atoms with Crippen molar-refractivity contribution in [2.75, 3.05) is 31.6 Å². The lowest BCUT2D eigenvalue weighted by Crippen LogP contribution is -2.45. The number of carbonyl (C=O) groups excluding carboxylic acids is 3. The van der Waals surface area contributed by atoms with Gasteiger partial charge in [-0.25, -0.2) is 0 Å². The maximum Gasteiger partial charge on any atom is 0.325 e. The van der Waals surface area contributed by atoms with Crippen LogP contribution in [0.25, 0.3) is 10.9 Å². The van der Waals surface area contributed by atoms with Crippen LogP contribution in [0, 0.1) is 6.92 Å². The average Bonchev–Trinajstić information content (AvgIpc) is 3.30. The highest BCUT2D eigenvalue weighted by Crippen LogP contribution is 2.42. The Hall–Kier alpha value is -3.68. The molecule has 0 unspecified atom stereocenters. The maximum atomic E-state index is 13.1. The van der Waals surface area contributed by atoms with Gasteiger partial charge in [-0.3, -0.25) is 19.5 Å². The largest absolute Gasteiger partial charge is 0.468 e. The van der Waals surface area contributed by atoms with E-state index in [2.05, 4.69) is 17.1 Å². The van der Waals surface area contributed by atoms with Crippen LogP contribution < -0.4 is 4.90 Å². The number of aryl methyl sites for hydroxylation is 1. The van der Waals surface area contributed by atoms with E-state index in [-0.39, 0.29) is 17.9 Å². The molecule has 1 aliphatic rings. The van der Waals surface area contributed by atoms with E-state index >= 15 is 0 Å². The summed E-state index contributed by atoms with van der Waals surface area (Å²) < 4.78 is 4.76. The third-order valence-corrected chi connectivity index (χ3v) is 6.66. The molecule has 0 atom stereocenters. The number of H-pyrrole nitrogens is 1. The minimum Gasteiger partial charge on any atom is -0.468 e. The summed E-state index contributed by atoms with van der Waals surface area (Å²) in [5, 5.41) is 7.83. The molecular formula is C25H28N4O4. The predicted molar refractivity (Wildman–Crippen MR) is 125 cm³/mol. The van der Waals surface area contributed by atoms with E-state index in [1.807, 2.05) is 48.2 Å². The number of carbonyl (C=O) groups is 3. The molecule has 2 heterocycles. The van der Waals surface area contributed by atoms with Crippen molar-refractivity contribution in [2.45, 2.75) is 32.1 Å². The van der Waals surface area contributed by atoms with Crippen LogP contribution in [0.15, 0.2) is 42.6 Å².